The molecule has 3 heterocycles. The van der Waals surface area contributed by atoms with Gasteiger partial charge >= 0.3 is 6.55 Å². The quantitative estimate of drug-likeness (QED) is 0.874. The van der Waals surface area contributed by atoms with Gasteiger partial charge in [-0.15, -0.1) is 0 Å². The normalized spacial score (nSPS) is 19.7. The average molecular weight is 331 g/mol. The molecule has 1 fully saturated rings. The summed E-state index contributed by atoms with van der Waals surface area (Å²) in [5, 5.41) is 2.81. The molecule has 1 N–H and O–H groups in total. The summed E-state index contributed by atoms with van der Waals surface area (Å²) < 4.78 is 32.5. The van der Waals surface area contributed by atoms with Crippen LogP contribution in [0.1, 0.15) is 19.9 Å². The minimum Gasteiger partial charge on any atom is -0.473 e. The van der Waals surface area contributed by atoms with Crippen molar-refractivity contribution in [1.29, 1.82) is 0 Å². The van der Waals surface area contributed by atoms with Gasteiger partial charge in [-0.25, -0.2) is 4.98 Å². The first kappa shape index (κ1) is 15.0. The number of nitrogens with one attached hydrogen (secondary N) is 1. The van der Waals surface area contributed by atoms with E-state index in [1.807, 2.05) is 0 Å². The largest absolute Gasteiger partial charge is 0.473 e. The Morgan fingerprint density at radius 1 is 1.55 bits per heavy atom. The third kappa shape index (κ3) is 2.70. The Labute approximate surface area is 129 Å². The number of rotatable bonds is 4. The van der Waals surface area contributed by atoms with Crippen LogP contribution in [0.2, 0.25) is 5.15 Å². The summed E-state index contributed by atoms with van der Waals surface area (Å²) in [7, 11) is 0. The van der Waals surface area contributed by atoms with Gasteiger partial charge in [0.1, 0.15) is 23.1 Å². The molecule has 0 bridgehead atoms. The highest BCUT2D eigenvalue weighted by Gasteiger charge is 2.29. The number of fused-ring (bicyclic) bond motifs is 1. The number of pyridine rings is 1. The molecule has 0 aromatic carbocycles. The van der Waals surface area contributed by atoms with Crippen LogP contribution in [0.3, 0.4) is 0 Å². The smallest absolute Gasteiger partial charge is 0.320 e. The Hall–Kier alpha value is -1.96. The third-order valence-corrected chi connectivity index (χ3v) is 3.86. The molecule has 2 atom stereocenters. The van der Waals surface area contributed by atoms with E-state index in [9.17, 15) is 13.6 Å². The predicted molar refractivity (Wildman–Crippen MR) is 75.0 cm³/mol. The van der Waals surface area contributed by atoms with Crippen molar-refractivity contribution in [3.63, 3.8) is 0 Å². The standard InChI is InChI=1S/C13H13ClF2N4O2/c1-6(7-2-10(21)17-4-7)22-12-11-8(3-9(14)19-12)18-5-20(11)13(15)16/h3,5-7,13H,2,4H2,1H3,(H,17,21)/t6-,7-/m1/s1. The average Bonchev–Trinajstić information content (AvgIpc) is 3.04. The maximum absolute atomic E-state index is 13.1. The van der Waals surface area contributed by atoms with E-state index in [4.69, 9.17) is 16.3 Å². The van der Waals surface area contributed by atoms with Crippen LogP contribution in [0.5, 0.6) is 5.88 Å². The number of ether oxygens (including phenoxy) is 1. The number of carbonyl (C=O) groups excluding carboxylic acids is 1. The molecular weight excluding hydrogens is 318 g/mol. The summed E-state index contributed by atoms with van der Waals surface area (Å²) >= 11 is 5.88. The Balaban J connectivity index is 1.95. The first-order chi connectivity index (χ1) is 10.5. The summed E-state index contributed by atoms with van der Waals surface area (Å²) in [6.45, 7) is -0.513. The monoisotopic (exact) mass is 330 g/mol. The van der Waals surface area contributed by atoms with Gasteiger partial charge in [0.25, 0.3) is 0 Å². The Kier molecular flexibility index (Phi) is 3.86. The van der Waals surface area contributed by atoms with Gasteiger partial charge < -0.3 is 10.1 Å². The molecule has 1 saturated heterocycles. The minimum absolute atomic E-state index is 0.00727. The molecule has 1 aliphatic heterocycles. The van der Waals surface area contributed by atoms with Crippen LogP contribution in [0.15, 0.2) is 12.4 Å². The lowest BCUT2D eigenvalue weighted by atomic mass is 10.0. The van der Waals surface area contributed by atoms with E-state index in [2.05, 4.69) is 15.3 Å². The lowest BCUT2D eigenvalue weighted by Gasteiger charge is -2.19. The number of aromatic nitrogens is 3. The maximum Gasteiger partial charge on any atom is 0.320 e. The fourth-order valence-electron chi connectivity index (χ4n) is 2.46. The molecule has 3 rings (SSSR count). The lowest BCUT2D eigenvalue weighted by Crippen LogP contribution is -2.26. The van der Waals surface area contributed by atoms with Crippen LogP contribution in [0.25, 0.3) is 11.0 Å². The molecule has 0 saturated carbocycles. The molecule has 1 amide bonds. The van der Waals surface area contributed by atoms with Crippen LogP contribution >= 0.6 is 11.6 Å². The number of carbonyl (C=O) groups is 1. The first-order valence-corrected chi connectivity index (χ1v) is 7.08. The molecule has 2 aromatic heterocycles. The van der Waals surface area contributed by atoms with E-state index >= 15 is 0 Å². The zero-order valence-corrected chi connectivity index (χ0v) is 12.3. The van der Waals surface area contributed by atoms with E-state index in [-0.39, 0.29) is 40.0 Å². The van der Waals surface area contributed by atoms with Crippen LogP contribution in [-0.2, 0) is 4.79 Å². The molecule has 118 valence electrons. The van der Waals surface area contributed by atoms with Gasteiger partial charge in [-0.05, 0) is 6.92 Å². The second kappa shape index (κ2) is 5.68. The van der Waals surface area contributed by atoms with E-state index in [0.29, 0.717) is 17.5 Å². The van der Waals surface area contributed by atoms with Crippen molar-refractivity contribution in [1.82, 2.24) is 19.9 Å². The van der Waals surface area contributed by atoms with Gasteiger partial charge in [0.2, 0.25) is 11.8 Å². The second-order valence-corrected chi connectivity index (χ2v) is 5.53. The lowest BCUT2D eigenvalue weighted by molar-refractivity contribution is -0.119. The number of alkyl halides is 2. The highest BCUT2D eigenvalue weighted by Crippen LogP contribution is 2.31. The molecule has 6 nitrogen and oxygen atoms in total. The van der Waals surface area contributed by atoms with Crippen LogP contribution in [-0.4, -0.2) is 33.1 Å². The van der Waals surface area contributed by atoms with Crippen molar-refractivity contribution in [2.24, 2.45) is 5.92 Å². The Bertz CT molecular complexity index is 721. The second-order valence-electron chi connectivity index (χ2n) is 5.14. The van der Waals surface area contributed by atoms with Crippen molar-refractivity contribution < 1.29 is 18.3 Å². The molecule has 0 aliphatic carbocycles. The number of hydrogen-bond acceptors (Lipinski definition) is 4. The van der Waals surface area contributed by atoms with Gasteiger partial charge in [-0.2, -0.15) is 13.8 Å². The topological polar surface area (TPSA) is 69.0 Å². The van der Waals surface area contributed by atoms with Crippen molar-refractivity contribution in [3.05, 3.63) is 17.5 Å². The zero-order valence-electron chi connectivity index (χ0n) is 11.6. The van der Waals surface area contributed by atoms with Crippen molar-refractivity contribution >= 4 is 28.5 Å². The molecule has 9 heteroatoms. The summed E-state index contributed by atoms with van der Waals surface area (Å²) in [5.74, 6) is -0.110. The summed E-state index contributed by atoms with van der Waals surface area (Å²) in [6, 6.07) is 1.40. The fourth-order valence-corrected chi connectivity index (χ4v) is 2.64. The first-order valence-electron chi connectivity index (χ1n) is 6.70. The molecular formula is C13H13ClF2N4O2. The number of nitrogens with zero attached hydrogens (tertiary/aromatic N) is 3. The van der Waals surface area contributed by atoms with Crippen molar-refractivity contribution in [2.75, 3.05) is 6.54 Å². The number of halogens is 3. The highest BCUT2D eigenvalue weighted by molar-refractivity contribution is 6.30. The summed E-state index contributed by atoms with van der Waals surface area (Å²) in [6.07, 6.45) is 0.971. The molecule has 1 aliphatic rings. The number of amides is 1. The molecule has 2 aromatic rings. The SMILES string of the molecule is C[C@@H](Oc1nc(Cl)cc2ncn(C(F)F)c12)[C@H]1CNC(=O)C1. The van der Waals surface area contributed by atoms with E-state index in [1.54, 1.807) is 6.92 Å². The van der Waals surface area contributed by atoms with Gasteiger partial charge in [-0.1, -0.05) is 11.6 Å². The molecule has 0 radical (unpaired) electrons. The minimum atomic E-state index is -2.76. The van der Waals surface area contributed by atoms with Gasteiger partial charge in [-0.3, -0.25) is 9.36 Å². The van der Waals surface area contributed by atoms with E-state index in [0.717, 1.165) is 6.33 Å². The number of imidazole rings is 1. The highest BCUT2D eigenvalue weighted by atomic mass is 35.5. The fraction of sp³-hybridized carbons (Fsp3) is 0.462. The Morgan fingerprint density at radius 3 is 2.95 bits per heavy atom. The summed E-state index contributed by atoms with van der Waals surface area (Å²) in [4.78, 5) is 19.1. The maximum atomic E-state index is 13.1. The van der Waals surface area contributed by atoms with Crippen molar-refractivity contribution in [3.8, 4) is 5.88 Å². The van der Waals surface area contributed by atoms with Gasteiger partial charge in [0.05, 0.1) is 5.52 Å². The predicted octanol–water partition coefficient (Wildman–Crippen LogP) is 2.38. The number of hydrogen-bond donors (Lipinski definition) is 1. The van der Waals surface area contributed by atoms with Crippen LogP contribution < -0.4 is 10.1 Å². The van der Waals surface area contributed by atoms with E-state index < -0.39 is 6.55 Å². The van der Waals surface area contributed by atoms with Crippen molar-refractivity contribution in [2.45, 2.75) is 26.0 Å². The Morgan fingerprint density at radius 2 is 2.32 bits per heavy atom. The zero-order chi connectivity index (χ0) is 15.9. The summed E-state index contributed by atoms with van der Waals surface area (Å²) in [5.41, 5.74) is 0.367. The van der Waals surface area contributed by atoms with Gasteiger partial charge in [0.15, 0.2) is 0 Å². The molecule has 22 heavy (non-hydrogen) atoms. The van der Waals surface area contributed by atoms with Gasteiger partial charge in [0, 0.05) is 24.9 Å². The van der Waals surface area contributed by atoms with Crippen LogP contribution in [0.4, 0.5) is 8.78 Å². The third-order valence-electron chi connectivity index (χ3n) is 3.67. The molecule has 0 unspecified atom stereocenters. The molecule has 0 spiro atoms. The van der Waals surface area contributed by atoms with E-state index in [1.165, 1.54) is 6.07 Å². The van der Waals surface area contributed by atoms with Crippen LogP contribution in [0, 0.1) is 5.92 Å².